The number of para-hydroxylation sites is 5. The third-order valence-corrected chi connectivity index (χ3v) is 15.7. The molecule has 4 heterocycles. The molecule has 0 saturated heterocycles. The lowest BCUT2D eigenvalue weighted by atomic mass is 9.93. The highest BCUT2D eigenvalue weighted by Crippen LogP contribution is 2.52. The zero-order valence-corrected chi connectivity index (χ0v) is 41.1. The fraction of sp³-hybridized carbons (Fsp3) is 0.0143. The highest BCUT2D eigenvalue weighted by Gasteiger charge is 2.37. The second-order valence-corrected chi connectivity index (χ2v) is 19.9. The van der Waals surface area contributed by atoms with Gasteiger partial charge in [-0.25, -0.2) is 4.98 Å². The van der Waals surface area contributed by atoms with Gasteiger partial charge in [-0.1, -0.05) is 200 Å². The van der Waals surface area contributed by atoms with Gasteiger partial charge in [0.2, 0.25) is 5.95 Å². The third kappa shape index (κ3) is 6.31. The van der Waals surface area contributed by atoms with Crippen LogP contribution in [-0.4, -0.2) is 28.7 Å². The summed E-state index contributed by atoms with van der Waals surface area (Å²) in [7, 11) is 0. The van der Waals surface area contributed by atoms with Crippen LogP contribution in [0.4, 0.5) is 0 Å². The maximum Gasteiger partial charge on any atom is 0.238 e. The molecule has 354 valence electrons. The van der Waals surface area contributed by atoms with Crippen LogP contribution in [0, 0.1) is 0 Å². The number of hydrogen-bond donors (Lipinski definition) is 0. The average Bonchev–Trinajstić information content (AvgIpc) is 4.43. The zero-order valence-electron chi connectivity index (χ0n) is 41.1. The largest absolute Gasteiger partial charge is 0.309 e. The lowest BCUT2D eigenvalue weighted by molar-refractivity contribution is 0.824. The van der Waals surface area contributed by atoms with Crippen molar-refractivity contribution in [3.05, 3.63) is 278 Å². The molecule has 0 saturated carbocycles. The van der Waals surface area contributed by atoms with E-state index >= 15 is 0 Å². The molecule has 0 aliphatic heterocycles. The van der Waals surface area contributed by atoms with Crippen molar-refractivity contribution in [2.75, 3.05) is 0 Å². The molecule has 0 spiro atoms. The number of hydrogen-bond acceptors (Lipinski definition) is 3. The van der Waals surface area contributed by atoms with E-state index in [4.69, 9.17) is 15.0 Å². The van der Waals surface area contributed by atoms with Gasteiger partial charge in [-0.3, -0.25) is 4.57 Å². The summed E-state index contributed by atoms with van der Waals surface area (Å²) < 4.78 is 7.19. The number of nitrogens with zero attached hydrogens (tertiary/aromatic N) is 6. The number of benzene rings is 11. The van der Waals surface area contributed by atoms with Gasteiger partial charge in [-0.05, 0) is 105 Å². The van der Waals surface area contributed by atoms with Gasteiger partial charge in [0, 0.05) is 49.3 Å². The Balaban J connectivity index is 1.06. The maximum absolute atomic E-state index is 5.89. The SMILES string of the molecule is c1ccc(-c2cc(-c3ccccc3)cc(-c3nc(C4c5ccccc5-c5ccc6c7ccccc7n(-c7ccccc7)c6c54)nc(-n4c5ccccc5c5ccc6c7ccccc7n(-c7ccccc7)c6c54)n3)c2)cc1. The summed E-state index contributed by atoms with van der Waals surface area (Å²) in [5.74, 6) is 1.46. The van der Waals surface area contributed by atoms with Crippen LogP contribution in [0.25, 0.3) is 128 Å². The van der Waals surface area contributed by atoms with Gasteiger partial charge in [0.1, 0.15) is 5.82 Å². The minimum absolute atomic E-state index is 0.364. The molecule has 6 nitrogen and oxygen atoms in total. The Labute approximate surface area is 437 Å². The van der Waals surface area contributed by atoms with Crippen molar-refractivity contribution >= 4 is 65.4 Å². The van der Waals surface area contributed by atoms with Crippen LogP contribution in [0.5, 0.6) is 0 Å². The first-order chi connectivity index (χ1) is 37.7. The summed E-state index contributed by atoms with van der Waals surface area (Å²) in [5.41, 5.74) is 18.7. The molecule has 1 unspecified atom stereocenters. The predicted octanol–water partition coefficient (Wildman–Crippen LogP) is 17.3. The Morgan fingerprint density at radius 2 is 0.724 bits per heavy atom. The molecule has 6 heteroatoms. The van der Waals surface area contributed by atoms with Gasteiger partial charge in [0.15, 0.2) is 5.82 Å². The molecule has 15 aromatic rings. The Hall–Kier alpha value is -10.2. The fourth-order valence-electron chi connectivity index (χ4n) is 12.5. The van der Waals surface area contributed by atoms with Gasteiger partial charge in [0.05, 0.1) is 39.0 Å². The van der Waals surface area contributed by atoms with E-state index in [2.05, 4.69) is 275 Å². The molecular formula is C70H44N6. The molecule has 11 aromatic carbocycles. The van der Waals surface area contributed by atoms with E-state index in [1.807, 2.05) is 0 Å². The van der Waals surface area contributed by atoms with Crippen LogP contribution >= 0.6 is 0 Å². The van der Waals surface area contributed by atoms with Crippen LogP contribution in [0.3, 0.4) is 0 Å². The van der Waals surface area contributed by atoms with Crippen molar-refractivity contribution in [2.24, 2.45) is 0 Å². The van der Waals surface area contributed by atoms with Gasteiger partial charge in [0.25, 0.3) is 0 Å². The standard InChI is InChI=1S/C70H44N6/c1-5-21-44(22-6-1)46-41-47(45-23-7-2-8-24-45)43-48(42-46)68-71-69(64-55-33-14-13-29-51(55)56-37-38-57-52-30-15-18-34-60(52)74(65(57)63(56)64)49-25-9-3-10-26-49)73-70(72-68)76-62-36-20-17-32-54(62)59-40-39-58-53-31-16-19-35-61(53)75(66(58)67(59)76)50-27-11-4-12-28-50/h1-43,64H. The first-order valence-electron chi connectivity index (χ1n) is 26.0. The number of fused-ring (bicyclic) bond motifs is 14. The summed E-state index contributed by atoms with van der Waals surface area (Å²) >= 11 is 0. The van der Waals surface area contributed by atoms with Crippen molar-refractivity contribution in [2.45, 2.75) is 5.92 Å². The van der Waals surface area contributed by atoms with E-state index in [9.17, 15) is 0 Å². The molecule has 0 bridgehead atoms. The van der Waals surface area contributed by atoms with E-state index < -0.39 is 0 Å². The fourth-order valence-corrected chi connectivity index (χ4v) is 12.5. The quantitative estimate of drug-likeness (QED) is 0.160. The average molecular weight is 969 g/mol. The van der Waals surface area contributed by atoms with Crippen LogP contribution in [0.2, 0.25) is 0 Å². The molecular weight excluding hydrogens is 925 g/mol. The second-order valence-electron chi connectivity index (χ2n) is 19.9. The zero-order chi connectivity index (χ0) is 49.8. The van der Waals surface area contributed by atoms with Crippen molar-refractivity contribution in [3.8, 4) is 62.1 Å². The summed E-state index contributed by atoms with van der Waals surface area (Å²) in [6.07, 6.45) is 0. The van der Waals surface area contributed by atoms with E-state index in [0.717, 1.165) is 94.0 Å². The Bertz CT molecular complexity index is 4740. The van der Waals surface area contributed by atoms with Crippen LogP contribution < -0.4 is 0 Å². The van der Waals surface area contributed by atoms with E-state index in [0.29, 0.717) is 17.6 Å². The third-order valence-electron chi connectivity index (χ3n) is 15.7. The smallest absolute Gasteiger partial charge is 0.238 e. The predicted molar refractivity (Wildman–Crippen MR) is 312 cm³/mol. The first-order valence-corrected chi connectivity index (χ1v) is 26.0. The molecule has 1 aliphatic carbocycles. The highest BCUT2D eigenvalue weighted by molar-refractivity contribution is 6.24. The topological polar surface area (TPSA) is 53.5 Å². The molecule has 1 aliphatic rings. The molecule has 0 N–H and O–H groups in total. The van der Waals surface area contributed by atoms with Crippen molar-refractivity contribution in [1.29, 1.82) is 0 Å². The molecule has 0 amide bonds. The van der Waals surface area contributed by atoms with Crippen molar-refractivity contribution in [1.82, 2.24) is 28.7 Å². The summed E-state index contributed by atoms with van der Waals surface area (Å²) in [4.78, 5) is 17.4. The van der Waals surface area contributed by atoms with E-state index in [1.165, 1.54) is 32.8 Å². The van der Waals surface area contributed by atoms with E-state index in [1.54, 1.807) is 0 Å². The molecule has 4 aromatic heterocycles. The maximum atomic E-state index is 5.89. The summed E-state index contributed by atoms with van der Waals surface area (Å²) in [5, 5.41) is 6.96. The lowest BCUT2D eigenvalue weighted by Gasteiger charge is -2.19. The monoisotopic (exact) mass is 968 g/mol. The molecule has 0 fully saturated rings. The minimum atomic E-state index is -0.364. The number of aromatic nitrogens is 6. The summed E-state index contributed by atoms with van der Waals surface area (Å²) in [6, 6.07) is 93.9. The van der Waals surface area contributed by atoms with Crippen LogP contribution in [0.15, 0.2) is 261 Å². The van der Waals surface area contributed by atoms with Crippen molar-refractivity contribution in [3.63, 3.8) is 0 Å². The number of rotatable bonds is 7. The summed E-state index contributed by atoms with van der Waals surface area (Å²) in [6.45, 7) is 0. The van der Waals surface area contributed by atoms with Crippen LogP contribution in [-0.2, 0) is 0 Å². The van der Waals surface area contributed by atoms with Gasteiger partial charge < -0.3 is 9.13 Å². The lowest BCUT2D eigenvalue weighted by Crippen LogP contribution is -2.13. The van der Waals surface area contributed by atoms with Crippen molar-refractivity contribution < 1.29 is 0 Å². The molecule has 1 atom stereocenters. The van der Waals surface area contributed by atoms with E-state index in [-0.39, 0.29) is 5.92 Å². The molecule has 0 radical (unpaired) electrons. The second kappa shape index (κ2) is 16.7. The Morgan fingerprint density at radius 3 is 1.30 bits per heavy atom. The van der Waals surface area contributed by atoms with Gasteiger partial charge in [-0.15, -0.1) is 0 Å². The first kappa shape index (κ1) is 42.3. The Kier molecular flexibility index (Phi) is 9.30. The molecule has 16 rings (SSSR count). The normalized spacial score (nSPS) is 13.1. The Morgan fingerprint density at radius 1 is 0.289 bits per heavy atom. The van der Waals surface area contributed by atoms with Gasteiger partial charge >= 0.3 is 0 Å². The minimum Gasteiger partial charge on any atom is -0.309 e. The molecule has 76 heavy (non-hydrogen) atoms. The van der Waals surface area contributed by atoms with Gasteiger partial charge in [-0.2, -0.15) is 9.97 Å². The highest BCUT2D eigenvalue weighted by atomic mass is 15.2. The van der Waals surface area contributed by atoms with Crippen LogP contribution in [0.1, 0.15) is 22.9 Å².